The molecule has 4 nitrogen and oxygen atoms in total. The molecule has 0 amide bonds. The highest BCUT2D eigenvalue weighted by molar-refractivity contribution is 9.10. The van der Waals surface area contributed by atoms with Gasteiger partial charge in [0.25, 0.3) is 0 Å². The summed E-state index contributed by atoms with van der Waals surface area (Å²) in [6, 6.07) is 6.11. The fourth-order valence-electron chi connectivity index (χ4n) is 2.08. The van der Waals surface area contributed by atoms with Crippen molar-refractivity contribution < 1.29 is 4.74 Å². The molecule has 0 N–H and O–H groups in total. The summed E-state index contributed by atoms with van der Waals surface area (Å²) < 4.78 is 8.04. The van der Waals surface area contributed by atoms with Crippen LogP contribution in [0.4, 0.5) is 0 Å². The molecular weight excluding hydrogens is 306 g/mol. The Morgan fingerprint density at radius 3 is 2.89 bits per heavy atom. The van der Waals surface area contributed by atoms with Crippen LogP contribution in [0.25, 0.3) is 11.3 Å². The molecule has 0 aromatic carbocycles. The maximum Gasteiger partial charge on any atom is 0.102 e. The smallest absolute Gasteiger partial charge is 0.102 e. The molecule has 2 heterocycles. The Labute approximate surface area is 120 Å². The third kappa shape index (κ3) is 2.55. The summed E-state index contributed by atoms with van der Waals surface area (Å²) in [5.74, 6) is 0. The molecule has 0 aliphatic carbocycles. The highest BCUT2D eigenvalue weighted by atomic mass is 79.9. The fourth-order valence-corrected chi connectivity index (χ4v) is 2.89. The summed E-state index contributed by atoms with van der Waals surface area (Å²) in [6.45, 7) is 3.24. The fraction of sp³-hybridized carbons (Fsp3) is 0.286. The largest absolute Gasteiger partial charge is 0.383 e. The van der Waals surface area contributed by atoms with E-state index in [0.717, 1.165) is 21.4 Å². The maximum absolute atomic E-state index is 9.27. The predicted octanol–water partition coefficient (Wildman–Crippen LogP) is 3.14. The van der Waals surface area contributed by atoms with Gasteiger partial charge in [0.2, 0.25) is 0 Å². The number of rotatable bonds is 4. The summed E-state index contributed by atoms with van der Waals surface area (Å²) in [5, 5.41) is 9.27. The average Bonchev–Trinajstić information content (AvgIpc) is 2.68. The Morgan fingerprint density at radius 1 is 1.53 bits per heavy atom. The number of pyridine rings is 1. The molecule has 98 valence electrons. The molecule has 0 aliphatic heterocycles. The van der Waals surface area contributed by atoms with E-state index in [1.54, 1.807) is 19.5 Å². The van der Waals surface area contributed by atoms with Gasteiger partial charge in [0.1, 0.15) is 6.07 Å². The number of ether oxygens (including phenoxy) is 1. The zero-order valence-corrected chi connectivity index (χ0v) is 12.4. The lowest BCUT2D eigenvalue weighted by Gasteiger charge is -2.11. The predicted molar refractivity (Wildman–Crippen MR) is 76.7 cm³/mol. The van der Waals surface area contributed by atoms with E-state index in [1.165, 1.54) is 0 Å². The van der Waals surface area contributed by atoms with Crippen LogP contribution >= 0.6 is 15.9 Å². The summed E-state index contributed by atoms with van der Waals surface area (Å²) in [4.78, 5) is 4.14. The summed E-state index contributed by atoms with van der Waals surface area (Å²) >= 11 is 3.53. The molecule has 0 unspecified atom stereocenters. The molecule has 0 atom stereocenters. The molecule has 19 heavy (non-hydrogen) atoms. The second-order valence-corrected chi connectivity index (χ2v) is 4.91. The molecule has 0 saturated heterocycles. The van der Waals surface area contributed by atoms with Gasteiger partial charge in [0, 0.05) is 37.3 Å². The Morgan fingerprint density at radius 2 is 2.32 bits per heavy atom. The number of nitrogens with zero attached hydrogens (tertiary/aromatic N) is 3. The minimum atomic E-state index is 0.597. The molecule has 0 saturated carbocycles. The summed E-state index contributed by atoms with van der Waals surface area (Å²) in [7, 11) is 1.67. The van der Waals surface area contributed by atoms with E-state index in [1.807, 2.05) is 19.1 Å². The lowest BCUT2D eigenvalue weighted by molar-refractivity contribution is 0.187. The van der Waals surface area contributed by atoms with Crippen molar-refractivity contribution in [3.63, 3.8) is 0 Å². The van der Waals surface area contributed by atoms with Crippen molar-refractivity contribution in [1.82, 2.24) is 9.55 Å². The number of hydrogen-bond acceptors (Lipinski definition) is 3. The third-order valence-corrected chi connectivity index (χ3v) is 3.80. The first-order valence-corrected chi connectivity index (χ1v) is 6.68. The summed E-state index contributed by atoms with van der Waals surface area (Å²) in [6.07, 6.45) is 3.53. The second-order valence-electron chi connectivity index (χ2n) is 4.12. The Bertz CT molecular complexity index is 614. The zero-order valence-electron chi connectivity index (χ0n) is 10.9. The highest BCUT2D eigenvalue weighted by Gasteiger charge is 2.19. The standard InChI is InChI=1S/C14H14BrN3O/c1-10-12(8-16)13(15)14(18(10)6-7-19-2)11-4-3-5-17-9-11/h3-5,9H,6-7H2,1-2H3. The molecule has 5 heteroatoms. The number of aromatic nitrogens is 2. The van der Waals surface area contributed by atoms with Crippen LogP contribution in [0.1, 0.15) is 11.3 Å². The Hall–Kier alpha value is -1.64. The topological polar surface area (TPSA) is 50.8 Å². The van der Waals surface area contributed by atoms with Crippen molar-refractivity contribution in [2.75, 3.05) is 13.7 Å². The van der Waals surface area contributed by atoms with Crippen LogP contribution in [0.15, 0.2) is 29.0 Å². The first kappa shape index (κ1) is 13.8. The van der Waals surface area contributed by atoms with E-state index >= 15 is 0 Å². The monoisotopic (exact) mass is 319 g/mol. The van der Waals surface area contributed by atoms with Crippen LogP contribution in [-0.2, 0) is 11.3 Å². The molecule has 0 bridgehead atoms. The van der Waals surface area contributed by atoms with Crippen molar-refractivity contribution >= 4 is 15.9 Å². The molecule has 0 aliphatic rings. The first-order valence-electron chi connectivity index (χ1n) is 5.88. The van der Waals surface area contributed by atoms with Crippen LogP contribution in [0.2, 0.25) is 0 Å². The Balaban J connectivity index is 2.61. The number of hydrogen-bond donors (Lipinski definition) is 0. The quantitative estimate of drug-likeness (QED) is 0.869. The number of nitriles is 1. The summed E-state index contributed by atoms with van der Waals surface area (Å²) in [5.41, 5.74) is 3.55. The molecule has 2 aromatic rings. The molecular formula is C14H14BrN3O. The lowest BCUT2D eigenvalue weighted by Crippen LogP contribution is -2.07. The normalized spacial score (nSPS) is 10.4. The van der Waals surface area contributed by atoms with Crippen molar-refractivity contribution in [2.24, 2.45) is 0 Å². The van der Waals surface area contributed by atoms with Gasteiger partial charge in [-0.25, -0.2) is 0 Å². The van der Waals surface area contributed by atoms with E-state index in [-0.39, 0.29) is 0 Å². The van der Waals surface area contributed by atoms with E-state index in [0.29, 0.717) is 18.7 Å². The average molecular weight is 320 g/mol. The van der Waals surface area contributed by atoms with E-state index in [4.69, 9.17) is 4.74 Å². The van der Waals surface area contributed by atoms with Gasteiger partial charge >= 0.3 is 0 Å². The number of halogens is 1. The van der Waals surface area contributed by atoms with Gasteiger partial charge in [-0.2, -0.15) is 5.26 Å². The van der Waals surface area contributed by atoms with Crippen LogP contribution in [0.5, 0.6) is 0 Å². The highest BCUT2D eigenvalue weighted by Crippen LogP contribution is 2.35. The van der Waals surface area contributed by atoms with Crippen LogP contribution < -0.4 is 0 Å². The molecule has 0 spiro atoms. The molecule has 2 aromatic heterocycles. The van der Waals surface area contributed by atoms with Crippen LogP contribution in [0, 0.1) is 18.3 Å². The van der Waals surface area contributed by atoms with E-state index in [9.17, 15) is 5.26 Å². The van der Waals surface area contributed by atoms with Crippen molar-refractivity contribution in [3.05, 3.63) is 40.3 Å². The van der Waals surface area contributed by atoms with Crippen molar-refractivity contribution in [2.45, 2.75) is 13.5 Å². The minimum Gasteiger partial charge on any atom is -0.383 e. The SMILES string of the molecule is COCCn1c(C)c(C#N)c(Br)c1-c1cccnc1. The molecule has 0 fully saturated rings. The number of methoxy groups -OCH3 is 1. The van der Waals surface area contributed by atoms with Crippen molar-refractivity contribution in [3.8, 4) is 17.3 Å². The van der Waals surface area contributed by atoms with Gasteiger partial charge in [0.05, 0.1) is 22.3 Å². The molecule has 0 radical (unpaired) electrons. The second kappa shape index (κ2) is 6.00. The maximum atomic E-state index is 9.27. The van der Waals surface area contributed by atoms with Gasteiger partial charge in [-0.1, -0.05) is 0 Å². The van der Waals surface area contributed by atoms with E-state index in [2.05, 4.69) is 31.6 Å². The lowest BCUT2D eigenvalue weighted by atomic mass is 10.2. The van der Waals surface area contributed by atoms with Gasteiger partial charge < -0.3 is 9.30 Å². The van der Waals surface area contributed by atoms with Gasteiger partial charge in [-0.3, -0.25) is 4.98 Å². The third-order valence-electron chi connectivity index (χ3n) is 3.03. The van der Waals surface area contributed by atoms with Crippen LogP contribution in [-0.4, -0.2) is 23.3 Å². The van der Waals surface area contributed by atoms with Gasteiger partial charge in [-0.15, -0.1) is 0 Å². The van der Waals surface area contributed by atoms with Crippen LogP contribution in [0.3, 0.4) is 0 Å². The molecule has 2 rings (SSSR count). The first-order chi connectivity index (χ1) is 9.20. The minimum absolute atomic E-state index is 0.597. The van der Waals surface area contributed by atoms with Crippen molar-refractivity contribution in [1.29, 1.82) is 5.26 Å². The van der Waals surface area contributed by atoms with Gasteiger partial charge in [-0.05, 0) is 35.0 Å². The Kier molecular flexibility index (Phi) is 4.35. The van der Waals surface area contributed by atoms with Gasteiger partial charge in [0.15, 0.2) is 0 Å². The zero-order chi connectivity index (χ0) is 13.8. The van der Waals surface area contributed by atoms with E-state index < -0.39 is 0 Å².